The molecule has 3 rings (SSSR count). The van der Waals surface area contributed by atoms with Crippen molar-refractivity contribution in [3.8, 4) is 0 Å². The lowest BCUT2D eigenvalue weighted by molar-refractivity contribution is -0.128. The molecular weight excluding hydrogens is 282 g/mol. The van der Waals surface area contributed by atoms with Gasteiger partial charge in [-0.1, -0.05) is 6.07 Å². The minimum Gasteiger partial charge on any atom is -0.383 e. The Morgan fingerprint density at radius 1 is 1.41 bits per heavy atom. The van der Waals surface area contributed by atoms with Gasteiger partial charge in [0.25, 0.3) is 5.56 Å². The molecule has 1 aliphatic rings. The average Bonchev–Trinajstić information content (AvgIpc) is 2.86. The maximum Gasteiger partial charge on any atom is 0.258 e. The molecule has 0 bridgehead atoms. The lowest BCUT2D eigenvalue weighted by Gasteiger charge is -2.16. The van der Waals surface area contributed by atoms with Crippen LogP contribution in [0.15, 0.2) is 29.3 Å². The summed E-state index contributed by atoms with van der Waals surface area (Å²) in [5, 5.41) is 0.598. The monoisotopic (exact) mass is 301 g/mol. The van der Waals surface area contributed by atoms with Crippen molar-refractivity contribution >= 4 is 16.8 Å². The van der Waals surface area contributed by atoms with Gasteiger partial charge in [-0.2, -0.15) is 0 Å². The van der Waals surface area contributed by atoms with Gasteiger partial charge in [0.2, 0.25) is 5.91 Å². The third-order valence-electron chi connectivity index (χ3n) is 4.09. The molecule has 1 aliphatic heterocycles. The number of aromatic amines is 1. The minimum absolute atomic E-state index is 0.129. The Labute approximate surface area is 128 Å². The van der Waals surface area contributed by atoms with Crippen molar-refractivity contribution in [2.45, 2.75) is 12.8 Å². The Morgan fingerprint density at radius 2 is 2.27 bits per heavy atom. The minimum atomic E-state index is -0.129. The van der Waals surface area contributed by atoms with Gasteiger partial charge in [-0.3, -0.25) is 9.59 Å². The van der Waals surface area contributed by atoms with Crippen LogP contribution in [0.3, 0.4) is 0 Å². The summed E-state index contributed by atoms with van der Waals surface area (Å²) in [6.45, 7) is 1.96. The molecule has 22 heavy (non-hydrogen) atoms. The number of likely N-dealkylation sites (tertiary alicyclic amines) is 1. The van der Waals surface area contributed by atoms with E-state index in [0.29, 0.717) is 30.5 Å². The number of amides is 1. The number of H-pyrrole nitrogens is 1. The highest BCUT2D eigenvalue weighted by molar-refractivity contribution is 5.79. The number of rotatable bonds is 5. The zero-order valence-electron chi connectivity index (χ0n) is 12.5. The highest BCUT2D eigenvalue weighted by Gasteiger charge is 2.29. The van der Waals surface area contributed by atoms with E-state index in [1.54, 1.807) is 7.11 Å². The van der Waals surface area contributed by atoms with Gasteiger partial charge in [0, 0.05) is 26.6 Å². The number of methoxy groups -OCH3 is 1. The third-order valence-corrected chi connectivity index (χ3v) is 4.09. The van der Waals surface area contributed by atoms with Gasteiger partial charge in [0.1, 0.15) is 0 Å². The van der Waals surface area contributed by atoms with Gasteiger partial charge in [0.05, 0.1) is 23.8 Å². The fraction of sp³-hybridized carbons (Fsp3) is 0.438. The number of carbonyl (C=O) groups is 1. The zero-order chi connectivity index (χ0) is 15.5. The first-order chi connectivity index (χ1) is 10.7. The van der Waals surface area contributed by atoms with E-state index in [2.05, 4.69) is 9.97 Å². The second-order valence-electron chi connectivity index (χ2n) is 5.69. The van der Waals surface area contributed by atoms with Crippen LogP contribution in [0.1, 0.15) is 12.0 Å². The number of hydrogen-bond donors (Lipinski definition) is 1. The van der Waals surface area contributed by atoms with Crippen molar-refractivity contribution in [3.05, 3.63) is 40.4 Å². The summed E-state index contributed by atoms with van der Waals surface area (Å²) in [6.07, 6.45) is 2.76. The summed E-state index contributed by atoms with van der Waals surface area (Å²) in [7, 11) is 1.64. The Morgan fingerprint density at radius 3 is 3.09 bits per heavy atom. The predicted molar refractivity (Wildman–Crippen MR) is 82.6 cm³/mol. The summed E-state index contributed by atoms with van der Waals surface area (Å²) < 4.78 is 5.03. The second-order valence-corrected chi connectivity index (χ2v) is 5.69. The summed E-state index contributed by atoms with van der Waals surface area (Å²) >= 11 is 0. The van der Waals surface area contributed by atoms with E-state index >= 15 is 0 Å². The Bertz CT molecular complexity index is 741. The highest BCUT2D eigenvalue weighted by atomic mass is 16.5. The Hall–Kier alpha value is -2.21. The number of hydrogen-bond acceptors (Lipinski definition) is 4. The van der Waals surface area contributed by atoms with Gasteiger partial charge in [-0.15, -0.1) is 0 Å². The first-order valence-electron chi connectivity index (χ1n) is 7.40. The molecule has 6 heteroatoms. The third kappa shape index (κ3) is 3.01. The van der Waals surface area contributed by atoms with Crippen LogP contribution in [0.4, 0.5) is 0 Å². The second kappa shape index (κ2) is 6.27. The molecule has 1 amide bonds. The molecule has 1 N–H and O–H groups in total. The van der Waals surface area contributed by atoms with Gasteiger partial charge >= 0.3 is 0 Å². The Kier molecular flexibility index (Phi) is 4.20. The van der Waals surface area contributed by atoms with E-state index in [-0.39, 0.29) is 17.4 Å². The number of benzene rings is 1. The van der Waals surface area contributed by atoms with Crippen LogP contribution in [0.5, 0.6) is 0 Å². The van der Waals surface area contributed by atoms with E-state index in [4.69, 9.17) is 4.74 Å². The van der Waals surface area contributed by atoms with Gasteiger partial charge in [0.15, 0.2) is 0 Å². The number of fused-ring (bicyclic) bond motifs is 1. The number of aromatic nitrogens is 2. The van der Waals surface area contributed by atoms with Crippen LogP contribution in [0, 0.1) is 5.92 Å². The standard InChI is InChI=1S/C16H19N3O3/c1-22-5-4-19-9-12(8-15(19)20)6-11-2-3-14-13(7-11)16(21)18-10-17-14/h2-3,7,10,12H,4-6,8-9H2,1H3,(H,17,18,21)/t12-/m0/s1. The molecule has 0 radical (unpaired) electrons. The van der Waals surface area contributed by atoms with Gasteiger partial charge < -0.3 is 14.6 Å². The molecule has 2 heterocycles. The molecular formula is C16H19N3O3. The predicted octanol–water partition coefficient (Wildman–Crippen LogP) is 0.961. The molecule has 2 aromatic rings. The quantitative estimate of drug-likeness (QED) is 0.892. The molecule has 116 valence electrons. The Balaban J connectivity index is 1.73. The lowest BCUT2D eigenvalue weighted by atomic mass is 9.97. The molecule has 1 atom stereocenters. The van der Waals surface area contributed by atoms with E-state index < -0.39 is 0 Å². The van der Waals surface area contributed by atoms with Crippen molar-refractivity contribution < 1.29 is 9.53 Å². The summed E-state index contributed by atoms with van der Waals surface area (Å²) in [6, 6.07) is 5.72. The maximum absolute atomic E-state index is 12.0. The molecule has 0 spiro atoms. The largest absolute Gasteiger partial charge is 0.383 e. The van der Waals surface area contributed by atoms with Gasteiger partial charge in [-0.25, -0.2) is 4.98 Å². The lowest BCUT2D eigenvalue weighted by Crippen LogP contribution is -2.28. The molecule has 0 saturated carbocycles. The van der Waals surface area contributed by atoms with E-state index in [9.17, 15) is 9.59 Å². The zero-order valence-corrected chi connectivity index (χ0v) is 12.5. The highest BCUT2D eigenvalue weighted by Crippen LogP contribution is 2.22. The fourth-order valence-electron chi connectivity index (χ4n) is 2.98. The first kappa shape index (κ1) is 14.7. The normalized spacial score (nSPS) is 18.3. The van der Waals surface area contributed by atoms with Crippen molar-refractivity contribution in [2.75, 3.05) is 26.8 Å². The molecule has 1 saturated heterocycles. The maximum atomic E-state index is 12.0. The van der Waals surface area contributed by atoms with Crippen molar-refractivity contribution in [1.29, 1.82) is 0 Å². The summed E-state index contributed by atoms with van der Waals surface area (Å²) in [5.74, 6) is 0.472. The van der Waals surface area contributed by atoms with Crippen LogP contribution < -0.4 is 5.56 Å². The number of nitrogens with zero attached hydrogens (tertiary/aromatic N) is 2. The average molecular weight is 301 g/mol. The van der Waals surface area contributed by atoms with E-state index in [1.165, 1.54) is 6.33 Å². The molecule has 1 aromatic carbocycles. The van der Waals surface area contributed by atoms with Gasteiger partial charge in [-0.05, 0) is 30.0 Å². The number of nitrogens with one attached hydrogen (secondary N) is 1. The topological polar surface area (TPSA) is 75.3 Å². The molecule has 0 aliphatic carbocycles. The molecule has 1 fully saturated rings. The van der Waals surface area contributed by atoms with E-state index in [0.717, 1.165) is 18.5 Å². The van der Waals surface area contributed by atoms with Crippen molar-refractivity contribution in [3.63, 3.8) is 0 Å². The van der Waals surface area contributed by atoms with Crippen LogP contribution in [0.2, 0.25) is 0 Å². The number of ether oxygens (including phenoxy) is 1. The van der Waals surface area contributed by atoms with Crippen molar-refractivity contribution in [1.82, 2.24) is 14.9 Å². The van der Waals surface area contributed by atoms with Crippen LogP contribution in [0.25, 0.3) is 10.9 Å². The smallest absolute Gasteiger partial charge is 0.258 e. The molecule has 6 nitrogen and oxygen atoms in total. The van der Waals surface area contributed by atoms with Crippen LogP contribution in [-0.2, 0) is 16.0 Å². The van der Waals surface area contributed by atoms with Crippen LogP contribution >= 0.6 is 0 Å². The summed E-state index contributed by atoms with van der Waals surface area (Å²) in [4.78, 5) is 32.4. The fourth-order valence-corrected chi connectivity index (χ4v) is 2.98. The van der Waals surface area contributed by atoms with E-state index in [1.807, 2.05) is 23.1 Å². The SMILES string of the molecule is COCCN1C[C@@H](Cc2ccc3nc[nH]c(=O)c3c2)CC1=O. The first-order valence-corrected chi connectivity index (χ1v) is 7.40. The molecule has 1 aromatic heterocycles. The van der Waals surface area contributed by atoms with Crippen molar-refractivity contribution in [2.24, 2.45) is 5.92 Å². The molecule has 0 unspecified atom stereocenters. The van der Waals surface area contributed by atoms with Crippen LogP contribution in [-0.4, -0.2) is 47.6 Å². The summed E-state index contributed by atoms with van der Waals surface area (Å²) in [5.41, 5.74) is 1.63. The number of carbonyl (C=O) groups excluding carboxylic acids is 1.